The Morgan fingerprint density at radius 3 is 2.42 bits per heavy atom. The highest BCUT2D eigenvalue weighted by Gasteiger charge is 2.26. The number of hydrogen-bond donors (Lipinski definition) is 1. The fourth-order valence-corrected chi connectivity index (χ4v) is 5.17. The predicted molar refractivity (Wildman–Crippen MR) is 145 cm³/mol. The minimum Gasteiger partial charge on any atom is -0.444 e. The number of piperazine rings is 1. The molecule has 1 aromatic carbocycles. The van der Waals surface area contributed by atoms with E-state index in [2.05, 4.69) is 15.2 Å². The molecule has 4 rings (SSSR count). The van der Waals surface area contributed by atoms with E-state index in [1.54, 1.807) is 30.2 Å². The molecule has 202 valence electrons. The molecule has 1 N–H and O–H groups in total. The van der Waals surface area contributed by atoms with Crippen molar-refractivity contribution in [2.24, 2.45) is 0 Å². The van der Waals surface area contributed by atoms with E-state index in [4.69, 9.17) is 9.72 Å². The van der Waals surface area contributed by atoms with Crippen LogP contribution in [0.3, 0.4) is 0 Å². The standard InChI is InChI=1S/C27H33N5O5S/c1-18-6-7-19(14-23(18)38(5,35)36)25(33)29-17-21-15-22-20(16-28-21)8-9-24(30-22)31-10-12-32(13-11-31)26(34)37-27(2,3)4/h6-9,14-16H,10-13,17H2,1-5H3,(H,29,33). The molecule has 1 fully saturated rings. The van der Waals surface area contributed by atoms with Gasteiger partial charge in [0.15, 0.2) is 9.84 Å². The fourth-order valence-electron chi connectivity index (χ4n) is 4.18. The van der Waals surface area contributed by atoms with Gasteiger partial charge >= 0.3 is 6.09 Å². The van der Waals surface area contributed by atoms with Crippen LogP contribution in [-0.2, 0) is 21.1 Å². The Kier molecular flexibility index (Phi) is 7.59. The molecular formula is C27H33N5O5S. The Balaban J connectivity index is 1.42. The average Bonchev–Trinajstić information content (AvgIpc) is 2.85. The number of fused-ring (bicyclic) bond motifs is 1. The number of amides is 2. The van der Waals surface area contributed by atoms with Crippen molar-refractivity contribution in [1.82, 2.24) is 20.2 Å². The van der Waals surface area contributed by atoms with Crippen LogP contribution in [0.15, 0.2) is 47.5 Å². The molecule has 0 aliphatic carbocycles. The van der Waals surface area contributed by atoms with Gasteiger partial charge in [0.1, 0.15) is 11.4 Å². The van der Waals surface area contributed by atoms with Gasteiger partial charge in [-0.15, -0.1) is 0 Å². The fraction of sp³-hybridized carbons (Fsp3) is 0.407. The SMILES string of the molecule is Cc1ccc(C(=O)NCc2cc3nc(N4CCN(C(=O)OC(C)(C)C)CC4)ccc3cn2)cc1S(C)(=O)=O. The molecule has 1 aliphatic heterocycles. The maximum Gasteiger partial charge on any atom is 0.410 e. The van der Waals surface area contributed by atoms with Crippen molar-refractivity contribution >= 4 is 38.6 Å². The summed E-state index contributed by atoms with van der Waals surface area (Å²) in [5, 5.41) is 3.67. The molecule has 1 saturated heterocycles. The van der Waals surface area contributed by atoms with Crippen molar-refractivity contribution in [3.63, 3.8) is 0 Å². The van der Waals surface area contributed by atoms with Gasteiger partial charge in [-0.2, -0.15) is 0 Å². The molecule has 0 unspecified atom stereocenters. The smallest absolute Gasteiger partial charge is 0.410 e. The lowest BCUT2D eigenvalue weighted by Crippen LogP contribution is -2.50. The minimum atomic E-state index is -3.44. The minimum absolute atomic E-state index is 0.137. The molecule has 0 bridgehead atoms. The van der Waals surface area contributed by atoms with Crippen LogP contribution >= 0.6 is 0 Å². The van der Waals surface area contributed by atoms with Crippen molar-refractivity contribution < 1.29 is 22.7 Å². The summed E-state index contributed by atoms with van der Waals surface area (Å²) in [5.74, 6) is 0.414. The lowest BCUT2D eigenvalue weighted by molar-refractivity contribution is 0.0240. The normalized spacial score (nSPS) is 14.4. The van der Waals surface area contributed by atoms with Gasteiger partial charge in [0, 0.05) is 49.6 Å². The van der Waals surface area contributed by atoms with Crippen molar-refractivity contribution in [3.8, 4) is 0 Å². The zero-order valence-corrected chi connectivity index (χ0v) is 23.1. The molecule has 2 aromatic heterocycles. The van der Waals surface area contributed by atoms with Crippen molar-refractivity contribution in [2.75, 3.05) is 37.3 Å². The van der Waals surface area contributed by atoms with Crippen LogP contribution in [0, 0.1) is 6.92 Å². The first kappa shape index (κ1) is 27.3. The summed E-state index contributed by atoms with van der Waals surface area (Å²) in [6.07, 6.45) is 2.53. The highest BCUT2D eigenvalue weighted by atomic mass is 32.2. The first-order chi connectivity index (χ1) is 17.8. The molecule has 2 amide bonds. The molecule has 0 radical (unpaired) electrons. The van der Waals surface area contributed by atoms with Crippen LogP contribution in [0.1, 0.15) is 42.4 Å². The topological polar surface area (TPSA) is 122 Å². The first-order valence-electron chi connectivity index (χ1n) is 12.4. The van der Waals surface area contributed by atoms with Gasteiger partial charge in [0.25, 0.3) is 5.91 Å². The highest BCUT2D eigenvalue weighted by molar-refractivity contribution is 7.90. The molecule has 11 heteroatoms. The Morgan fingerprint density at radius 1 is 1.05 bits per heavy atom. The Labute approximate surface area is 222 Å². The predicted octanol–water partition coefficient (Wildman–Crippen LogP) is 3.33. The zero-order chi connectivity index (χ0) is 27.7. The molecule has 3 heterocycles. The van der Waals surface area contributed by atoms with E-state index in [0.717, 1.165) is 23.0 Å². The van der Waals surface area contributed by atoms with Crippen molar-refractivity contribution in [3.05, 3.63) is 59.4 Å². The maximum absolute atomic E-state index is 12.7. The van der Waals surface area contributed by atoms with E-state index >= 15 is 0 Å². The largest absolute Gasteiger partial charge is 0.444 e. The van der Waals surface area contributed by atoms with E-state index in [1.165, 1.54) is 6.07 Å². The number of anilines is 1. The summed E-state index contributed by atoms with van der Waals surface area (Å²) in [6, 6.07) is 10.3. The Morgan fingerprint density at radius 2 is 1.76 bits per heavy atom. The molecule has 10 nitrogen and oxygen atoms in total. The second-order valence-electron chi connectivity index (χ2n) is 10.4. The number of pyridine rings is 2. The van der Waals surface area contributed by atoms with Crippen LogP contribution in [0.2, 0.25) is 0 Å². The summed E-state index contributed by atoms with van der Waals surface area (Å²) in [5.41, 5.74) is 1.70. The molecule has 0 saturated carbocycles. The zero-order valence-electron chi connectivity index (χ0n) is 22.3. The van der Waals surface area contributed by atoms with E-state index < -0.39 is 15.4 Å². The monoisotopic (exact) mass is 539 g/mol. The third-order valence-electron chi connectivity index (χ3n) is 6.15. The maximum atomic E-state index is 12.7. The van der Waals surface area contributed by atoms with E-state index in [9.17, 15) is 18.0 Å². The third-order valence-corrected chi connectivity index (χ3v) is 7.39. The van der Waals surface area contributed by atoms with Gasteiger partial charge in [-0.3, -0.25) is 9.78 Å². The Bertz CT molecular complexity index is 1470. The number of rotatable bonds is 5. The van der Waals surface area contributed by atoms with Crippen molar-refractivity contribution in [1.29, 1.82) is 0 Å². The molecular weight excluding hydrogens is 506 g/mol. The van der Waals surface area contributed by atoms with Crippen LogP contribution in [-0.4, -0.2) is 73.3 Å². The summed E-state index contributed by atoms with van der Waals surface area (Å²) >= 11 is 0. The van der Waals surface area contributed by atoms with Crippen LogP contribution in [0.25, 0.3) is 10.9 Å². The van der Waals surface area contributed by atoms with Gasteiger partial charge in [-0.05, 0) is 63.6 Å². The van der Waals surface area contributed by atoms with E-state index in [0.29, 0.717) is 37.4 Å². The number of benzene rings is 1. The second kappa shape index (κ2) is 10.6. The average molecular weight is 540 g/mol. The molecule has 0 spiro atoms. The lowest BCUT2D eigenvalue weighted by atomic mass is 10.1. The number of aryl methyl sites for hydroxylation is 1. The van der Waals surface area contributed by atoms with E-state index in [-0.39, 0.29) is 29.0 Å². The van der Waals surface area contributed by atoms with Gasteiger partial charge in [-0.25, -0.2) is 18.2 Å². The number of carbonyl (C=O) groups excluding carboxylic acids is 2. The van der Waals surface area contributed by atoms with Gasteiger partial charge in [-0.1, -0.05) is 6.07 Å². The molecule has 3 aromatic rings. The third kappa shape index (κ3) is 6.58. The second-order valence-corrected chi connectivity index (χ2v) is 12.4. The summed E-state index contributed by atoms with van der Waals surface area (Å²) in [4.78, 5) is 38.2. The number of sulfone groups is 1. The van der Waals surface area contributed by atoms with Crippen LogP contribution < -0.4 is 10.2 Å². The highest BCUT2D eigenvalue weighted by Crippen LogP contribution is 2.21. The number of ether oxygens (including phenoxy) is 1. The number of nitrogens with one attached hydrogen (secondary N) is 1. The molecule has 38 heavy (non-hydrogen) atoms. The quantitative estimate of drug-likeness (QED) is 0.524. The lowest BCUT2D eigenvalue weighted by Gasteiger charge is -2.36. The van der Waals surface area contributed by atoms with Crippen molar-refractivity contribution in [2.45, 2.75) is 44.7 Å². The van der Waals surface area contributed by atoms with Gasteiger partial charge in [0.05, 0.1) is 22.7 Å². The number of carbonyl (C=O) groups is 2. The molecule has 0 atom stereocenters. The Hall–Kier alpha value is -3.73. The number of nitrogens with zero attached hydrogens (tertiary/aromatic N) is 4. The number of aromatic nitrogens is 2. The van der Waals surface area contributed by atoms with Gasteiger partial charge < -0.3 is 19.9 Å². The summed E-state index contributed by atoms with van der Waals surface area (Å²) in [7, 11) is -3.44. The molecule has 1 aliphatic rings. The van der Waals surface area contributed by atoms with Crippen LogP contribution in [0.5, 0.6) is 0 Å². The summed E-state index contributed by atoms with van der Waals surface area (Å²) in [6.45, 7) is 9.78. The first-order valence-corrected chi connectivity index (χ1v) is 14.3. The van der Waals surface area contributed by atoms with Crippen LogP contribution in [0.4, 0.5) is 10.6 Å². The number of hydrogen-bond acceptors (Lipinski definition) is 8. The van der Waals surface area contributed by atoms with Gasteiger partial charge in [0.2, 0.25) is 0 Å². The van der Waals surface area contributed by atoms with E-state index in [1.807, 2.05) is 39.0 Å². The summed E-state index contributed by atoms with van der Waals surface area (Å²) < 4.78 is 29.5.